The van der Waals surface area contributed by atoms with E-state index in [0.29, 0.717) is 27.9 Å². The Hall–Kier alpha value is -1.34. The Labute approximate surface area is 144 Å². The molecule has 2 heterocycles. The van der Waals surface area contributed by atoms with Crippen LogP contribution in [0.5, 0.6) is 0 Å². The summed E-state index contributed by atoms with van der Waals surface area (Å²) in [6, 6.07) is 5.90. The highest BCUT2D eigenvalue weighted by atomic mass is 35.5. The van der Waals surface area contributed by atoms with Gasteiger partial charge < -0.3 is 14.6 Å². The Morgan fingerprint density at radius 1 is 1.22 bits per heavy atom. The fourth-order valence-corrected chi connectivity index (χ4v) is 3.00. The predicted octanol–water partition coefficient (Wildman–Crippen LogP) is 3.18. The highest BCUT2D eigenvalue weighted by Gasteiger charge is 2.18. The first kappa shape index (κ1) is 16.5. The number of ether oxygens (including phenoxy) is 1. The number of anilines is 1. The molecule has 1 saturated heterocycles. The van der Waals surface area contributed by atoms with Crippen molar-refractivity contribution in [3.05, 3.63) is 28.2 Å². The van der Waals surface area contributed by atoms with Crippen LogP contribution in [0.1, 0.15) is 6.92 Å². The lowest BCUT2D eigenvalue weighted by Crippen LogP contribution is -2.45. The van der Waals surface area contributed by atoms with Crippen molar-refractivity contribution in [1.29, 1.82) is 0 Å². The van der Waals surface area contributed by atoms with E-state index in [1.165, 1.54) is 0 Å². The average molecular weight is 357 g/mol. The van der Waals surface area contributed by atoms with Crippen molar-refractivity contribution in [3.8, 4) is 11.4 Å². The van der Waals surface area contributed by atoms with Crippen LogP contribution >= 0.6 is 23.2 Å². The lowest BCUT2D eigenvalue weighted by molar-refractivity contribution is 0.0226. The summed E-state index contributed by atoms with van der Waals surface area (Å²) in [7, 11) is 0. The minimum Gasteiger partial charge on any atom is -0.379 e. The fraction of sp³-hybridized carbons (Fsp3) is 0.467. The van der Waals surface area contributed by atoms with Crippen molar-refractivity contribution < 1.29 is 9.26 Å². The number of hydrogen-bond donors (Lipinski definition) is 1. The summed E-state index contributed by atoms with van der Waals surface area (Å²) in [6.07, 6.45) is 0. The molecule has 6 nitrogen and oxygen atoms in total. The van der Waals surface area contributed by atoms with Crippen LogP contribution in [-0.2, 0) is 4.74 Å². The third-order valence-corrected chi connectivity index (χ3v) is 4.20. The molecule has 0 bridgehead atoms. The predicted molar refractivity (Wildman–Crippen MR) is 90.1 cm³/mol. The van der Waals surface area contributed by atoms with Crippen molar-refractivity contribution in [1.82, 2.24) is 15.0 Å². The smallest absolute Gasteiger partial charge is 0.321 e. The van der Waals surface area contributed by atoms with E-state index in [1.54, 1.807) is 18.2 Å². The van der Waals surface area contributed by atoms with E-state index in [9.17, 15) is 0 Å². The van der Waals surface area contributed by atoms with E-state index >= 15 is 0 Å². The molecule has 1 unspecified atom stereocenters. The molecule has 1 fully saturated rings. The molecule has 0 radical (unpaired) electrons. The zero-order valence-corrected chi connectivity index (χ0v) is 14.3. The van der Waals surface area contributed by atoms with Gasteiger partial charge in [0.25, 0.3) is 0 Å². The van der Waals surface area contributed by atoms with Gasteiger partial charge in [-0.25, -0.2) is 0 Å². The minimum absolute atomic E-state index is 0.356. The molecule has 1 aliphatic heterocycles. The topological polar surface area (TPSA) is 63.4 Å². The molecule has 8 heteroatoms. The third kappa shape index (κ3) is 4.35. The summed E-state index contributed by atoms with van der Waals surface area (Å²) in [5, 5.41) is 8.20. The Balaban J connectivity index is 1.60. The number of hydrogen-bond acceptors (Lipinski definition) is 6. The molecule has 0 saturated carbocycles. The van der Waals surface area contributed by atoms with Gasteiger partial charge in [0, 0.05) is 41.3 Å². The van der Waals surface area contributed by atoms with Gasteiger partial charge in [-0.2, -0.15) is 4.98 Å². The molecule has 1 N–H and O–H groups in total. The Kier molecular flexibility index (Phi) is 5.38. The first-order valence-electron chi connectivity index (χ1n) is 7.47. The second-order valence-electron chi connectivity index (χ2n) is 5.46. The lowest BCUT2D eigenvalue weighted by atomic mass is 10.2. The number of rotatable bonds is 5. The Bertz CT molecular complexity index is 638. The zero-order valence-electron chi connectivity index (χ0n) is 12.8. The molecule has 3 rings (SSSR count). The van der Waals surface area contributed by atoms with Crippen LogP contribution in [0.4, 0.5) is 6.01 Å². The molecule has 1 aromatic heterocycles. The molecule has 0 aliphatic carbocycles. The molecular weight excluding hydrogens is 339 g/mol. The molecule has 0 spiro atoms. The molecular formula is C15H18Cl2N4O2. The monoisotopic (exact) mass is 356 g/mol. The van der Waals surface area contributed by atoms with Crippen molar-refractivity contribution >= 4 is 29.2 Å². The number of aromatic nitrogens is 2. The maximum Gasteiger partial charge on any atom is 0.321 e. The zero-order chi connectivity index (χ0) is 16.2. The molecule has 1 atom stereocenters. The third-order valence-electron chi connectivity index (χ3n) is 3.76. The van der Waals surface area contributed by atoms with E-state index in [2.05, 4.69) is 27.3 Å². The number of nitrogens with one attached hydrogen (secondary N) is 1. The molecule has 2 aromatic rings. The number of nitrogens with zero attached hydrogens (tertiary/aromatic N) is 3. The second-order valence-corrected chi connectivity index (χ2v) is 6.33. The van der Waals surface area contributed by atoms with Gasteiger partial charge in [-0.15, -0.1) is 0 Å². The average Bonchev–Trinajstić information content (AvgIpc) is 3.01. The lowest BCUT2D eigenvalue weighted by Gasteiger charge is -2.32. The maximum absolute atomic E-state index is 5.99. The van der Waals surface area contributed by atoms with Crippen molar-refractivity contribution in [2.45, 2.75) is 13.0 Å². The number of halogens is 2. The second kappa shape index (κ2) is 7.49. The van der Waals surface area contributed by atoms with Crippen LogP contribution in [-0.4, -0.2) is 53.9 Å². The SMILES string of the molecule is CC(CNc1nc(-c2cc(Cl)cc(Cl)c2)no1)N1CCOCC1. The van der Waals surface area contributed by atoms with Crippen LogP contribution < -0.4 is 5.32 Å². The molecule has 124 valence electrons. The highest BCUT2D eigenvalue weighted by Crippen LogP contribution is 2.26. The van der Waals surface area contributed by atoms with Crippen LogP contribution in [0.3, 0.4) is 0 Å². The normalized spacial score (nSPS) is 17.2. The van der Waals surface area contributed by atoms with Crippen molar-refractivity contribution in [2.75, 3.05) is 38.2 Å². The van der Waals surface area contributed by atoms with Crippen molar-refractivity contribution in [3.63, 3.8) is 0 Å². The van der Waals surface area contributed by atoms with Crippen molar-refractivity contribution in [2.24, 2.45) is 0 Å². The standard InChI is InChI=1S/C15H18Cl2N4O2/c1-10(21-2-4-22-5-3-21)9-18-15-19-14(20-23-15)11-6-12(16)8-13(17)7-11/h6-8,10H,2-5,9H2,1H3,(H,18,19,20). The van der Waals surface area contributed by atoms with E-state index in [0.717, 1.165) is 38.4 Å². The van der Waals surface area contributed by atoms with Crippen LogP contribution in [0.25, 0.3) is 11.4 Å². The summed E-state index contributed by atoms with van der Waals surface area (Å²) in [5.41, 5.74) is 0.723. The van der Waals surface area contributed by atoms with E-state index in [4.69, 9.17) is 32.5 Å². The minimum atomic E-state index is 0.356. The Morgan fingerprint density at radius 3 is 2.61 bits per heavy atom. The summed E-state index contributed by atoms with van der Waals surface area (Å²) in [6.45, 7) is 6.33. The van der Waals surface area contributed by atoms with Gasteiger partial charge in [0.05, 0.1) is 13.2 Å². The molecule has 0 amide bonds. The maximum atomic E-state index is 5.99. The van der Waals surface area contributed by atoms with Gasteiger partial charge in [-0.05, 0) is 25.1 Å². The summed E-state index contributed by atoms with van der Waals surface area (Å²) < 4.78 is 10.6. The van der Waals surface area contributed by atoms with E-state index in [1.807, 2.05) is 0 Å². The summed E-state index contributed by atoms with van der Waals surface area (Å²) in [5.74, 6) is 0.455. The van der Waals surface area contributed by atoms with E-state index in [-0.39, 0.29) is 0 Å². The number of morpholine rings is 1. The quantitative estimate of drug-likeness (QED) is 0.887. The van der Waals surface area contributed by atoms with Gasteiger partial charge in [0.1, 0.15) is 0 Å². The van der Waals surface area contributed by atoms with Crippen LogP contribution in [0.15, 0.2) is 22.7 Å². The highest BCUT2D eigenvalue weighted by molar-refractivity contribution is 6.35. The van der Waals surface area contributed by atoms with Gasteiger partial charge in [-0.3, -0.25) is 4.90 Å². The fourth-order valence-electron chi connectivity index (χ4n) is 2.48. The molecule has 23 heavy (non-hydrogen) atoms. The largest absolute Gasteiger partial charge is 0.379 e. The van der Waals surface area contributed by atoms with Gasteiger partial charge in [-0.1, -0.05) is 28.4 Å². The molecule has 1 aliphatic rings. The van der Waals surface area contributed by atoms with Crippen LogP contribution in [0.2, 0.25) is 10.0 Å². The van der Waals surface area contributed by atoms with Crippen LogP contribution in [0, 0.1) is 0 Å². The molecule has 1 aromatic carbocycles. The first-order valence-corrected chi connectivity index (χ1v) is 8.23. The van der Waals surface area contributed by atoms with Gasteiger partial charge in [0.2, 0.25) is 5.82 Å². The Morgan fingerprint density at radius 2 is 1.91 bits per heavy atom. The summed E-state index contributed by atoms with van der Waals surface area (Å²) >= 11 is 12.0. The summed E-state index contributed by atoms with van der Waals surface area (Å²) in [4.78, 5) is 6.70. The first-order chi connectivity index (χ1) is 11.1. The van der Waals surface area contributed by atoms with Gasteiger partial charge in [0.15, 0.2) is 0 Å². The van der Waals surface area contributed by atoms with Gasteiger partial charge >= 0.3 is 6.01 Å². The number of benzene rings is 1. The van der Waals surface area contributed by atoms with E-state index < -0.39 is 0 Å².